The fourth-order valence-corrected chi connectivity index (χ4v) is 0.970. The first-order valence-corrected chi connectivity index (χ1v) is 4.82. The highest BCUT2D eigenvalue weighted by molar-refractivity contribution is 5.21. The number of allylic oxidation sites excluding steroid dienone is 12. The van der Waals surface area contributed by atoms with Gasteiger partial charge in [0.05, 0.1) is 0 Å². The summed E-state index contributed by atoms with van der Waals surface area (Å²) in [7, 11) is 0. The first-order chi connectivity index (χ1) is 7.00. The van der Waals surface area contributed by atoms with Crippen molar-refractivity contribution in [2.75, 3.05) is 0 Å². The van der Waals surface area contributed by atoms with E-state index in [4.69, 9.17) is 0 Å². The molecule has 1 aliphatic rings. The van der Waals surface area contributed by atoms with E-state index in [1.807, 2.05) is 54.7 Å². The maximum atomic E-state index is 2.12. The Morgan fingerprint density at radius 2 is 0.857 bits per heavy atom. The maximum Gasteiger partial charge on any atom is -0.0130 e. The van der Waals surface area contributed by atoms with E-state index < -0.39 is 0 Å². The second-order valence-corrected chi connectivity index (χ2v) is 2.82. The van der Waals surface area contributed by atoms with E-state index in [-0.39, 0.29) is 0 Å². The van der Waals surface area contributed by atoms with Gasteiger partial charge in [-0.05, 0) is 12.8 Å². The van der Waals surface area contributed by atoms with Gasteiger partial charge in [0.25, 0.3) is 0 Å². The van der Waals surface area contributed by atoms with Crippen LogP contribution in [0.5, 0.6) is 0 Å². The van der Waals surface area contributed by atoms with E-state index in [9.17, 15) is 0 Å². The molecule has 0 bridgehead atoms. The van der Waals surface area contributed by atoms with Crippen molar-refractivity contribution in [2.24, 2.45) is 0 Å². The molecule has 0 saturated carbocycles. The third-order valence-corrected chi connectivity index (χ3v) is 1.66. The smallest absolute Gasteiger partial charge is 0.0130 e. The highest BCUT2D eigenvalue weighted by Crippen LogP contribution is 1.93. The lowest BCUT2D eigenvalue weighted by molar-refractivity contribution is 1.29. The van der Waals surface area contributed by atoms with Gasteiger partial charge in [0, 0.05) is 0 Å². The summed E-state index contributed by atoms with van der Waals surface area (Å²) in [5.41, 5.74) is 0. The molecule has 0 amide bonds. The standard InChI is InChI=1S/C14H15/c1-2-4-6-8-10-12-14-13-11-9-7-5-3-1/h1-13H,14H2/b2-1+,5-3+,6-4-,9-7-,10-8+,13-11+. The van der Waals surface area contributed by atoms with Gasteiger partial charge in [0.2, 0.25) is 0 Å². The highest BCUT2D eigenvalue weighted by atomic mass is 13.8. The topological polar surface area (TPSA) is 0 Å². The van der Waals surface area contributed by atoms with Gasteiger partial charge >= 0.3 is 0 Å². The lowest BCUT2D eigenvalue weighted by Crippen LogP contribution is -1.65. The largest absolute Gasteiger partial charge is 0.0839 e. The second-order valence-electron chi connectivity index (χ2n) is 2.82. The molecule has 0 aromatic heterocycles. The molecular formula is C14H15. The van der Waals surface area contributed by atoms with Crippen molar-refractivity contribution in [3.05, 3.63) is 79.3 Å². The Bertz CT molecular complexity index is 264. The molecule has 0 heteroatoms. The number of rotatable bonds is 0. The van der Waals surface area contributed by atoms with Crippen LogP contribution in [0.15, 0.2) is 72.9 Å². The lowest BCUT2D eigenvalue weighted by Gasteiger charge is -1.84. The molecule has 0 spiro atoms. The monoisotopic (exact) mass is 183 g/mol. The lowest BCUT2D eigenvalue weighted by atomic mass is 10.2. The molecule has 0 saturated heterocycles. The van der Waals surface area contributed by atoms with Gasteiger partial charge in [-0.25, -0.2) is 0 Å². The van der Waals surface area contributed by atoms with Crippen LogP contribution in [0, 0.1) is 6.42 Å². The van der Waals surface area contributed by atoms with Gasteiger partial charge in [-0.1, -0.05) is 72.9 Å². The molecule has 0 aromatic rings. The van der Waals surface area contributed by atoms with Gasteiger partial charge < -0.3 is 0 Å². The molecule has 14 heavy (non-hydrogen) atoms. The number of hydrogen-bond acceptors (Lipinski definition) is 0. The van der Waals surface area contributed by atoms with Gasteiger partial charge in [-0.15, -0.1) is 0 Å². The molecule has 0 N–H and O–H groups in total. The zero-order valence-electron chi connectivity index (χ0n) is 8.21. The van der Waals surface area contributed by atoms with Crippen molar-refractivity contribution in [1.82, 2.24) is 0 Å². The quantitative estimate of drug-likeness (QED) is 0.533. The molecule has 0 fully saturated rings. The Labute approximate surface area is 86.3 Å². The average molecular weight is 183 g/mol. The summed E-state index contributed by atoms with van der Waals surface area (Å²) in [6.07, 6.45) is 27.5. The van der Waals surface area contributed by atoms with Crippen LogP contribution >= 0.6 is 0 Å². The molecule has 0 unspecified atom stereocenters. The molecule has 0 atom stereocenters. The van der Waals surface area contributed by atoms with Crippen molar-refractivity contribution >= 4 is 0 Å². The minimum Gasteiger partial charge on any atom is -0.0839 e. The molecule has 0 aliphatic heterocycles. The van der Waals surface area contributed by atoms with Gasteiger partial charge in [0.15, 0.2) is 0 Å². The fourth-order valence-electron chi connectivity index (χ4n) is 0.970. The van der Waals surface area contributed by atoms with Crippen LogP contribution in [0.25, 0.3) is 0 Å². The first-order valence-electron chi connectivity index (χ1n) is 4.82. The SMILES string of the molecule is [CH]1/C=C/C=C\C=C\C=C\C=C/C=C/C1. The highest BCUT2D eigenvalue weighted by Gasteiger charge is 1.74. The Morgan fingerprint density at radius 1 is 0.429 bits per heavy atom. The molecule has 1 aliphatic carbocycles. The Kier molecular flexibility index (Phi) is 6.05. The summed E-state index contributed by atoms with van der Waals surface area (Å²) >= 11 is 0. The fraction of sp³-hybridized carbons (Fsp3) is 0.0714. The van der Waals surface area contributed by atoms with Crippen molar-refractivity contribution in [3.8, 4) is 0 Å². The third kappa shape index (κ3) is 6.01. The molecule has 0 aromatic carbocycles. The van der Waals surface area contributed by atoms with E-state index in [2.05, 4.69) is 24.6 Å². The first kappa shape index (κ1) is 10.5. The zero-order chi connectivity index (χ0) is 9.90. The average Bonchev–Trinajstić information content (AvgIpc) is 2.22. The summed E-state index contributed by atoms with van der Waals surface area (Å²) in [5.74, 6) is 0. The van der Waals surface area contributed by atoms with Crippen LogP contribution in [0.2, 0.25) is 0 Å². The minimum atomic E-state index is 0.980. The minimum absolute atomic E-state index is 0.980. The van der Waals surface area contributed by atoms with Crippen LogP contribution in [0.3, 0.4) is 0 Å². The van der Waals surface area contributed by atoms with Gasteiger partial charge in [0.1, 0.15) is 0 Å². The Hall–Kier alpha value is -1.56. The predicted octanol–water partition coefficient (Wildman–Crippen LogP) is 3.93. The van der Waals surface area contributed by atoms with Crippen molar-refractivity contribution in [3.63, 3.8) is 0 Å². The van der Waals surface area contributed by atoms with Crippen LogP contribution < -0.4 is 0 Å². The van der Waals surface area contributed by atoms with E-state index >= 15 is 0 Å². The summed E-state index contributed by atoms with van der Waals surface area (Å²) in [4.78, 5) is 0. The van der Waals surface area contributed by atoms with E-state index in [1.54, 1.807) is 0 Å². The molecular weight excluding hydrogens is 168 g/mol. The van der Waals surface area contributed by atoms with Crippen molar-refractivity contribution in [2.45, 2.75) is 6.42 Å². The normalized spacial score (nSPS) is 30.9. The van der Waals surface area contributed by atoms with Crippen LogP contribution in [0.4, 0.5) is 0 Å². The zero-order valence-corrected chi connectivity index (χ0v) is 8.21. The molecule has 1 radical (unpaired) electrons. The summed E-state index contributed by atoms with van der Waals surface area (Å²) in [5, 5.41) is 0. The maximum absolute atomic E-state index is 2.12. The Balaban J connectivity index is 2.56. The molecule has 1 rings (SSSR count). The summed E-state index contributed by atoms with van der Waals surface area (Å²) in [6.45, 7) is 0. The van der Waals surface area contributed by atoms with E-state index in [1.165, 1.54) is 0 Å². The number of hydrogen-bond donors (Lipinski definition) is 0. The Morgan fingerprint density at radius 3 is 1.43 bits per heavy atom. The van der Waals surface area contributed by atoms with Crippen LogP contribution in [0.1, 0.15) is 6.42 Å². The van der Waals surface area contributed by atoms with Crippen LogP contribution in [-0.4, -0.2) is 0 Å². The van der Waals surface area contributed by atoms with E-state index in [0.717, 1.165) is 6.42 Å². The van der Waals surface area contributed by atoms with Crippen molar-refractivity contribution in [1.29, 1.82) is 0 Å². The van der Waals surface area contributed by atoms with Crippen LogP contribution in [-0.2, 0) is 0 Å². The van der Waals surface area contributed by atoms with E-state index in [0.29, 0.717) is 0 Å². The molecule has 0 nitrogen and oxygen atoms in total. The van der Waals surface area contributed by atoms with Gasteiger partial charge in [-0.3, -0.25) is 0 Å². The summed E-state index contributed by atoms with van der Waals surface area (Å²) in [6, 6.07) is 0. The summed E-state index contributed by atoms with van der Waals surface area (Å²) < 4.78 is 0. The molecule has 0 heterocycles. The van der Waals surface area contributed by atoms with Gasteiger partial charge in [-0.2, -0.15) is 0 Å². The second kappa shape index (κ2) is 8.06. The van der Waals surface area contributed by atoms with Crippen molar-refractivity contribution < 1.29 is 0 Å². The predicted molar refractivity (Wildman–Crippen MR) is 63.8 cm³/mol. The molecule has 71 valence electrons. The third-order valence-electron chi connectivity index (χ3n) is 1.66.